The van der Waals surface area contributed by atoms with Crippen LogP contribution < -0.4 is 28.7 Å². The first-order chi connectivity index (χ1) is 29.7. The van der Waals surface area contributed by atoms with Crippen molar-refractivity contribution in [2.24, 2.45) is 0 Å². The molecule has 0 atom stereocenters. The molecule has 2 aromatic heterocycles. The Morgan fingerprint density at radius 3 is 1.73 bits per heavy atom. The van der Waals surface area contributed by atoms with Crippen LogP contribution in [0.2, 0.25) is 0 Å². The van der Waals surface area contributed by atoms with Crippen LogP contribution >= 0.6 is 11.3 Å². The predicted molar refractivity (Wildman–Crippen MR) is 214 cm³/mol. The zero-order valence-electron chi connectivity index (χ0n) is 32.4. The summed E-state index contributed by atoms with van der Waals surface area (Å²) in [6.45, 7) is -6.94. The predicted octanol–water partition coefficient (Wildman–Crippen LogP) is 9.53. The van der Waals surface area contributed by atoms with Crippen molar-refractivity contribution in [3.05, 3.63) is 131 Å². The smallest absolute Gasteiger partial charge is 0.387 e. The number of hydrogen-bond donors (Lipinski definition) is 1. The number of alkyl halides is 6. The molecule has 0 unspecified atom stereocenters. The molecule has 14 nitrogen and oxygen atoms in total. The Kier molecular flexibility index (Phi) is 16.3. The highest BCUT2D eigenvalue weighted by Crippen LogP contribution is 2.39. The minimum Gasteiger partial charge on any atom is -0.490 e. The van der Waals surface area contributed by atoms with Gasteiger partial charge in [-0.15, -0.1) is 11.3 Å². The molecule has 0 aliphatic heterocycles. The standard InChI is InChI=1S/C21H19F2N3O4.C19H16F4N2O5S2/c1-2-29-19-11-17(7-8-18(19)30-21(22)23)26(13-15-12-24-9-10-25-15)16-5-3-14(4-6-16)20(27)28;1-28-32(26,27)15-5-2-12(3-6-15)25(10-14-9-24-11-31-14)13-4-7-16(29-18(20)21)17(8-13)30-19(22)23/h3-12,21H,2,13H2,1H3,(H,27,28);2-9,11,18-19H,10H2,1H3. The Labute approximate surface area is 354 Å². The van der Waals surface area contributed by atoms with Gasteiger partial charge in [-0.2, -0.15) is 34.8 Å². The molecule has 0 aliphatic carbocycles. The van der Waals surface area contributed by atoms with E-state index in [1.54, 1.807) is 66.4 Å². The molecule has 0 amide bonds. The van der Waals surface area contributed by atoms with E-state index in [-0.39, 0.29) is 35.1 Å². The monoisotopic (exact) mass is 907 g/mol. The van der Waals surface area contributed by atoms with E-state index in [4.69, 9.17) is 9.84 Å². The third-order valence-electron chi connectivity index (χ3n) is 8.24. The molecule has 1 N–H and O–H groups in total. The first-order valence-electron chi connectivity index (χ1n) is 17.8. The summed E-state index contributed by atoms with van der Waals surface area (Å²) in [6.07, 6.45) is 6.33. The minimum absolute atomic E-state index is 0.0729. The molecule has 2 heterocycles. The molecule has 62 heavy (non-hydrogen) atoms. The number of thiazole rings is 1. The van der Waals surface area contributed by atoms with Gasteiger partial charge in [0.25, 0.3) is 10.1 Å². The van der Waals surface area contributed by atoms with E-state index in [9.17, 15) is 39.6 Å². The van der Waals surface area contributed by atoms with E-state index >= 15 is 0 Å². The highest BCUT2D eigenvalue weighted by atomic mass is 32.2. The number of carboxylic acids is 1. The van der Waals surface area contributed by atoms with Gasteiger partial charge >= 0.3 is 25.8 Å². The molecule has 6 aromatic rings. The lowest BCUT2D eigenvalue weighted by molar-refractivity contribution is -0.0692. The van der Waals surface area contributed by atoms with Gasteiger partial charge in [0.1, 0.15) is 0 Å². The highest BCUT2D eigenvalue weighted by Gasteiger charge is 2.21. The normalized spacial score (nSPS) is 11.2. The third kappa shape index (κ3) is 12.9. The van der Waals surface area contributed by atoms with Crippen LogP contribution in [0.5, 0.6) is 23.0 Å². The molecule has 0 spiro atoms. The van der Waals surface area contributed by atoms with Crippen molar-refractivity contribution in [2.45, 2.75) is 44.7 Å². The summed E-state index contributed by atoms with van der Waals surface area (Å²) in [4.78, 5) is 27.7. The summed E-state index contributed by atoms with van der Waals surface area (Å²) in [7, 11) is -2.88. The summed E-state index contributed by atoms with van der Waals surface area (Å²) in [6, 6.07) is 20.1. The first kappa shape index (κ1) is 46.4. The molecule has 0 bridgehead atoms. The number of carbonyl (C=O) groups is 1. The second-order valence-electron chi connectivity index (χ2n) is 12.1. The van der Waals surface area contributed by atoms with Crippen LogP contribution in [0, 0.1) is 0 Å². The number of nitrogens with zero attached hydrogens (tertiary/aromatic N) is 5. The number of benzene rings is 4. The Morgan fingerprint density at radius 2 is 1.23 bits per heavy atom. The van der Waals surface area contributed by atoms with Gasteiger partial charge in [0.15, 0.2) is 23.0 Å². The fourth-order valence-electron chi connectivity index (χ4n) is 5.56. The van der Waals surface area contributed by atoms with Gasteiger partial charge in [-0.3, -0.25) is 19.1 Å². The van der Waals surface area contributed by atoms with E-state index in [1.807, 2.05) is 4.90 Å². The van der Waals surface area contributed by atoms with Crippen molar-refractivity contribution < 1.29 is 67.8 Å². The van der Waals surface area contributed by atoms with Crippen LogP contribution in [-0.4, -0.2) is 68.0 Å². The zero-order valence-corrected chi connectivity index (χ0v) is 34.0. The minimum atomic E-state index is -3.91. The maximum Gasteiger partial charge on any atom is 0.387 e. The van der Waals surface area contributed by atoms with Gasteiger partial charge in [-0.05, 0) is 79.7 Å². The molecule has 0 fully saturated rings. The Bertz CT molecular complexity index is 2460. The topological polar surface area (TPSA) is 163 Å². The van der Waals surface area contributed by atoms with Crippen molar-refractivity contribution in [1.82, 2.24) is 15.0 Å². The summed E-state index contributed by atoms with van der Waals surface area (Å²) in [5.41, 5.74) is 4.49. The van der Waals surface area contributed by atoms with Gasteiger partial charge in [0.05, 0.1) is 54.7 Å². The number of carboxylic acid groups (broad SMARTS) is 1. The van der Waals surface area contributed by atoms with E-state index < -0.39 is 47.4 Å². The summed E-state index contributed by atoms with van der Waals surface area (Å²) in [5, 5.41) is 9.14. The molecular weight excluding hydrogens is 873 g/mol. The molecule has 6 rings (SSSR count). The fraction of sp³-hybridized carbons (Fsp3) is 0.200. The molecule has 0 aliphatic rings. The lowest BCUT2D eigenvalue weighted by Crippen LogP contribution is -2.18. The van der Waals surface area contributed by atoms with E-state index in [0.717, 1.165) is 24.1 Å². The van der Waals surface area contributed by atoms with Gasteiger partial charge < -0.3 is 33.9 Å². The Hall–Kier alpha value is -6.65. The lowest BCUT2D eigenvalue weighted by Gasteiger charge is -2.26. The third-order valence-corrected chi connectivity index (χ3v) is 10.3. The van der Waals surface area contributed by atoms with Gasteiger partial charge in [-0.25, -0.2) is 4.79 Å². The van der Waals surface area contributed by atoms with Crippen molar-refractivity contribution >= 4 is 50.2 Å². The number of aromatic carboxylic acids is 1. The summed E-state index contributed by atoms with van der Waals surface area (Å²) in [5.74, 6) is -2.07. The quantitative estimate of drug-likeness (QED) is 0.0604. The first-order valence-corrected chi connectivity index (χ1v) is 20.1. The van der Waals surface area contributed by atoms with Gasteiger partial charge in [0, 0.05) is 58.3 Å². The fourth-order valence-corrected chi connectivity index (χ4v) is 6.80. The average Bonchev–Trinajstić information content (AvgIpc) is 3.77. The van der Waals surface area contributed by atoms with Crippen molar-refractivity contribution in [3.63, 3.8) is 0 Å². The molecule has 0 saturated carbocycles. The number of halogens is 6. The Morgan fingerprint density at radius 1 is 0.694 bits per heavy atom. The number of ether oxygens (including phenoxy) is 4. The average molecular weight is 908 g/mol. The van der Waals surface area contributed by atoms with Crippen LogP contribution in [0.4, 0.5) is 49.1 Å². The van der Waals surface area contributed by atoms with Crippen LogP contribution in [0.25, 0.3) is 0 Å². The van der Waals surface area contributed by atoms with Crippen LogP contribution in [0.3, 0.4) is 0 Å². The van der Waals surface area contributed by atoms with Crippen molar-refractivity contribution in [1.29, 1.82) is 0 Å². The molecule has 0 saturated heterocycles. The summed E-state index contributed by atoms with van der Waals surface area (Å²) >= 11 is 1.33. The molecule has 328 valence electrons. The zero-order chi connectivity index (χ0) is 44.8. The largest absolute Gasteiger partial charge is 0.490 e. The SMILES string of the molecule is CCOc1cc(N(Cc2cnccn2)c2ccc(C(=O)O)cc2)ccc1OC(F)F.COS(=O)(=O)c1ccc(N(Cc2cncs2)c2ccc(OC(F)F)c(OC(F)F)c2)cc1. The maximum absolute atomic E-state index is 12.8. The van der Waals surface area contributed by atoms with Crippen molar-refractivity contribution in [2.75, 3.05) is 23.5 Å². The van der Waals surface area contributed by atoms with Crippen LogP contribution in [0.1, 0.15) is 27.9 Å². The van der Waals surface area contributed by atoms with Gasteiger partial charge in [0.2, 0.25) is 0 Å². The second kappa shape index (κ2) is 21.7. The Balaban J connectivity index is 0.000000235. The van der Waals surface area contributed by atoms with E-state index in [0.29, 0.717) is 35.0 Å². The highest BCUT2D eigenvalue weighted by molar-refractivity contribution is 7.86. The molecule has 0 radical (unpaired) electrons. The van der Waals surface area contributed by atoms with Crippen LogP contribution in [0.15, 0.2) is 120 Å². The molecular formula is C40H35F6N5O9S2. The van der Waals surface area contributed by atoms with E-state index in [2.05, 4.69) is 33.3 Å². The number of aromatic nitrogens is 3. The number of anilines is 4. The van der Waals surface area contributed by atoms with Crippen molar-refractivity contribution in [3.8, 4) is 23.0 Å². The molecule has 4 aromatic carbocycles. The van der Waals surface area contributed by atoms with E-state index in [1.165, 1.54) is 59.9 Å². The number of hydrogen-bond acceptors (Lipinski definition) is 14. The van der Waals surface area contributed by atoms with Gasteiger partial charge in [-0.1, -0.05) is 0 Å². The summed E-state index contributed by atoms with van der Waals surface area (Å²) < 4.78 is 123. The molecule has 22 heteroatoms. The maximum atomic E-state index is 12.8. The van der Waals surface area contributed by atoms with Crippen LogP contribution in [-0.2, 0) is 27.4 Å². The second-order valence-corrected chi connectivity index (χ2v) is 14.8. The number of rotatable bonds is 19. The lowest BCUT2D eigenvalue weighted by atomic mass is 10.1.